The number of rotatable bonds is 1. The van der Waals surface area contributed by atoms with Gasteiger partial charge in [-0.05, 0) is 57.2 Å². The third kappa shape index (κ3) is 5.58. The summed E-state index contributed by atoms with van der Waals surface area (Å²) in [6.45, 7) is 19.7. The van der Waals surface area contributed by atoms with Gasteiger partial charge < -0.3 is 15.1 Å². The molecular formula is C45H42N8O2. The number of carbonyl (C=O) groups is 1. The highest BCUT2D eigenvalue weighted by Gasteiger charge is 2.29. The Labute approximate surface area is 318 Å². The zero-order valence-corrected chi connectivity index (χ0v) is 32.5. The predicted molar refractivity (Wildman–Crippen MR) is 219 cm³/mol. The molecule has 0 saturated heterocycles. The summed E-state index contributed by atoms with van der Waals surface area (Å²) in [5, 5.41) is 13.6. The van der Waals surface area contributed by atoms with Crippen LogP contribution < -0.4 is 0 Å². The maximum Gasteiger partial charge on any atom is 0.335 e. The Balaban J connectivity index is 1.52. The van der Waals surface area contributed by atoms with E-state index in [9.17, 15) is 9.90 Å². The first-order chi connectivity index (χ1) is 26.0. The van der Waals surface area contributed by atoms with Crippen LogP contribution in [0.25, 0.3) is 89.7 Å². The largest absolute Gasteiger partial charge is 0.478 e. The number of nitrogens with zero attached hydrogens (tertiary/aromatic N) is 6. The van der Waals surface area contributed by atoms with Gasteiger partial charge in [0.25, 0.3) is 0 Å². The molecule has 0 atom stereocenters. The van der Waals surface area contributed by atoms with Gasteiger partial charge in [0.15, 0.2) is 23.3 Å². The fourth-order valence-corrected chi connectivity index (χ4v) is 7.74. The molecule has 0 unspecified atom stereocenters. The van der Waals surface area contributed by atoms with Crippen molar-refractivity contribution in [2.75, 3.05) is 0 Å². The van der Waals surface area contributed by atoms with Gasteiger partial charge in [0.2, 0.25) is 0 Å². The van der Waals surface area contributed by atoms with Crippen molar-refractivity contribution < 1.29 is 9.90 Å². The minimum absolute atomic E-state index is 0.112. The molecule has 10 heteroatoms. The summed E-state index contributed by atoms with van der Waals surface area (Å²) in [6, 6.07) is 23.8. The molecule has 274 valence electrons. The second-order valence-electron chi connectivity index (χ2n) is 17.6. The number of aromatic carboxylic acids is 1. The summed E-state index contributed by atoms with van der Waals surface area (Å²) in [5.41, 5.74) is 8.42. The van der Waals surface area contributed by atoms with E-state index >= 15 is 0 Å². The highest BCUT2D eigenvalue weighted by Crippen LogP contribution is 2.43. The van der Waals surface area contributed by atoms with Crippen molar-refractivity contribution in [3.63, 3.8) is 0 Å². The second-order valence-corrected chi connectivity index (χ2v) is 17.6. The molecule has 7 aromatic rings. The highest BCUT2D eigenvalue weighted by molar-refractivity contribution is 6.08. The van der Waals surface area contributed by atoms with E-state index in [0.717, 1.165) is 49.4 Å². The smallest absolute Gasteiger partial charge is 0.335 e. The number of hydrogen-bond donors (Lipinski definition) is 3. The maximum atomic E-state index is 12.2. The molecule has 9 rings (SSSR count). The Morgan fingerprint density at radius 1 is 0.509 bits per heavy atom. The topological polar surface area (TPSA) is 146 Å². The molecular weight excluding hydrogens is 685 g/mol. The van der Waals surface area contributed by atoms with Gasteiger partial charge >= 0.3 is 5.97 Å². The lowest BCUT2D eigenvalue weighted by molar-refractivity contribution is 0.0697. The van der Waals surface area contributed by atoms with Gasteiger partial charge in [0.1, 0.15) is 22.6 Å². The number of aromatic amines is 2. The van der Waals surface area contributed by atoms with E-state index in [-0.39, 0.29) is 21.8 Å². The summed E-state index contributed by atoms with van der Waals surface area (Å²) in [5.74, 6) is 0.847. The average molecular weight is 727 g/mol. The van der Waals surface area contributed by atoms with Crippen LogP contribution in [0.1, 0.15) is 89.4 Å². The van der Waals surface area contributed by atoms with E-state index in [1.807, 2.05) is 12.1 Å². The van der Waals surface area contributed by atoms with Gasteiger partial charge in [-0.15, -0.1) is 0 Å². The standard InChI is InChI=1S/C45H42N8O2/c1-43(2,3)23-17-19-25-29(21-23)39-48-35(25)46-34-24-18-16-22(42(54)55)20-28(24)38(47-34)49-36-26-12-10-14-30(44(4,5)6)32(26)40(51-36)53-41-33-27(37(50-39)52-41)13-11-15-31(33)45(7,8)9/h10-21H,1-9H3,(H,54,55)(H2,46,47,48,49,50,51,52,53). The van der Waals surface area contributed by atoms with Crippen LogP contribution in [0.2, 0.25) is 0 Å². The third-order valence-electron chi connectivity index (χ3n) is 10.6. The van der Waals surface area contributed by atoms with E-state index in [0.29, 0.717) is 57.0 Å². The normalized spacial score (nSPS) is 13.0. The fraction of sp³-hybridized carbons (Fsp3) is 0.267. The number of carboxylic acid groups (broad SMARTS) is 1. The van der Waals surface area contributed by atoms with Crippen LogP contribution in [0.15, 0.2) is 72.8 Å². The molecule has 5 heterocycles. The molecule has 3 N–H and O–H groups in total. The number of fused-ring (bicyclic) bond motifs is 20. The highest BCUT2D eigenvalue weighted by atomic mass is 16.4. The summed E-state index contributed by atoms with van der Waals surface area (Å²) < 4.78 is 0. The molecule has 8 bridgehead atoms. The van der Waals surface area contributed by atoms with Gasteiger partial charge in [-0.25, -0.2) is 34.7 Å². The second kappa shape index (κ2) is 11.6. The number of aromatic nitrogens is 8. The number of carboxylic acids is 1. The Morgan fingerprint density at radius 2 is 1.09 bits per heavy atom. The molecule has 0 amide bonds. The minimum Gasteiger partial charge on any atom is -0.478 e. The number of hydrogen-bond acceptors (Lipinski definition) is 7. The van der Waals surface area contributed by atoms with E-state index in [4.69, 9.17) is 29.9 Å². The van der Waals surface area contributed by atoms with Crippen LogP contribution in [0, 0.1) is 0 Å². The first-order valence-corrected chi connectivity index (χ1v) is 18.6. The molecule has 0 spiro atoms. The van der Waals surface area contributed by atoms with Crippen molar-refractivity contribution in [3.8, 4) is 45.6 Å². The molecule has 0 aliphatic carbocycles. The van der Waals surface area contributed by atoms with E-state index in [1.165, 1.54) is 0 Å². The molecule has 0 saturated carbocycles. The quantitative estimate of drug-likeness (QED) is 0.151. The zero-order chi connectivity index (χ0) is 38.8. The summed E-state index contributed by atoms with van der Waals surface area (Å²) in [4.78, 5) is 50.4. The molecule has 2 aliphatic rings. The molecule has 0 fully saturated rings. The van der Waals surface area contributed by atoms with E-state index in [2.05, 4.69) is 115 Å². The van der Waals surface area contributed by atoms with Crippen LogP contribution in [0.3, 0.4) is 0 Å². The van der Waals surface area contributed by atoms with Crippen molar-refractivity contribution in [1.82, 2.24) is 39.9 Å². The van der Waals surface area contributed by atoms with Gasteiger partial charge in [0, 0.05) is 43.8 Å². The summed E-state index contributed by atoms with van der Waals surface area (Å²) >= 11 is 0. The van der Waals surface area contributed by atoms with Gasteiger partial charge in [-0.3, -0.25) is 0 Å². The number of benzene rings is 4. The molecule has 10 nitrogen and oxygen atoms in total. The Bertz CT molecular complexity index is 2970. The Kier molecular flexibility index (Phi) is 7.27. The predicted octanol–water partition coefficient (Wildman–Crippen LogP) is 10.5. The maximum absolute atomic E-state index is 12.2. The van der Waals surface area contributed by atoms with Crippen molar-refractivity contribution in [1.29, 1.82) is 0 Å². The fourth-order valence-electron chi connectivity index (χ4n) is 7.74. The van der Waals surface area contributed by atoms with Crippen LogP contribution in [0.5, 0.6) is 0 Å². The lowest BCUT2D eigenvalue weighted by Gasteiger charge is -2.22. The van der Waals surface area contributed by atoms with Crippen molar-refractivity contribution in [2.45, 2.75) is 78.6 Å². The Hall–Kier alpha value is -6.29. The number of nitrogens with one attached hydrogen (secondary N) is 2. The van der Waals surface area contributed by atoms with E-state index < -0.39 is 5.97 Å². The first-order valence-electron chi connectivity index (χ1n) is 18.6. The monoisotopic (exact) mass is 726 g/mol. The first kappa shape index (κ1) is 34.5. The van der Waals surface area contributed by atoms with Crippen molar-refractivity contribution in [3.05, 3.63) is 95.1 Å². The minimum atomic E-state index is -1.04. The van der Waals surface area contributed by atoms with Crippen LogP contribution >= 0.6 is 0 Å². The third-order valence-corrected chi connectivity index (χ3v) is 10.6. The van der Waals surface area contributed by atoms with Crippen molar-refractivity contribution >= 4 is 50.1 Å². The van der Waals surface area contributed by atoms with Gasteiger partial charge in [0.05, 0.1) is 5.56 Å². The molecule has 2 aliphatic heterocycles. The lowest BCUT2D eigenvalue weighted by Crippen LogP contribution is -2.13. The van der Waals surface area contributed by atoms with Crippen LogP contribution in [-0.2, 0) is 16.2 Å². The molecule has 55 heavy (non-hydrogen) atoms. The summed E-state index contributed by atoms with van der Waals surface area (Å²) in [7, 11) is 0. The average Bonchev–Trinajstić information content (AvgIpc) is 3.85. The van der Waals surface area contributed by atoms with Crippen LogP contribution in [-0.4, -0.2) is 50.9 Å². The molecule has 4 aromatic carbocycles. The van der Waals surface area contributed by atoms with Gasteiger partial charge in [-0.2, -0.15) is 0 Å². The molecule has 0 radical (unpaired) electrons. The van der Waals surface area contributed by atoms with Gasteiger partial charge in [-0.1, -0.05) is 111 Å². The SMILES string of the molecule is CC(C)(C)c1ccc2c3nc4nc(nc5[nH]c(nc6nc(nc([nH]3)c2c1)-c1cccc(C(C)(C)C)c1-6)c1c(C(C)(C)C)cccc51)-c1cc(C(=O)O)ccc1-4. The molecule has 3 aromatic heterocycles. The number of H-pyrrole nitrogens is 2. The summed E-state index contributed by atoms with van der Waals surface area (Å²) in [6.07, 6.45) is 0. The van der Waals surface area contributed by atoms with Crippen molar-refractivity contribution in [2.24, 2.45) is 0 Å². The zero-order valence-electron chi connectivity index (χ0n) is 32.5. The van der Waals surface area contributed by atoms with E-state index in [1.54, 1.807) is 18.2 Å². The van der Waals surface area contributed by atoms with Crippen LogP contribution in [0.4, 0.5) is 0 Å². The Morgan fingerprint density at radius 3 is 1.78 bits per heavy atom. The lowest BCUT2D eigenvalue weighted by atomic mass is 9.82.